The van der Waals surface area contributed by atoms with Gasteiger partial charge in [-0.25, -0.2) is 4.39 Å². The largest absolute Gasteiger partial charge is 0.497 e. The summed E-state index contributed by atoms with van der Waals surface area (Å²) in [4.78, 5) is 0. The summed E-state index contributed by atoms with van der Waals surface area (Å²) in [6.07, 6.45) is -4.32. The molecule has 0 bridgehead atoms. The summed E-state index contributed by atoms with van der Waals surface area (Å²) in [6.45, 7) is -0.935. The van der Waals surface area contributed by atoms with Crippen molar-refractivity contribution in [3.05, 3.63) is 29.6 Å². The van der Waals surface area contributed by atoms with Crippen molar-refractivity contribution in [3.8, 4) is 5.75 Å². The molecule has 0 aliphatic carbocycles. The monoisotopic (exact) mass is 281 g/mol. The van der Waals surface area contributed by atoms with Crippen molar-refractivity contribution < 1.29 is 27.0 Å². The lowest BCUT2D eigenvalue weighted by molar-refractivity contribution is -0.173. The minimum absolute atomic E-state index is 0.0860. The number of ether oxygens (including phenoxy) is 2. The third-order valence-corrected chi connectivity index (χ3v) is 2.26. The molecule has 1 rings (SSSR count). The number of alkyl halides is 3. The van der Waals surface area contributed by atoms with Gasteiger partial charge in [0, 0.05) is 24.7 Å². The number of rotatable bonds is 7. The first-order chi connectivity index (χ1) is 8.92. The van der Waals surface area contributed by atoms with Gasteiger partial charge in [-0.1, -0.05) is 6.07 Å². The molecule has 0 saturated carbocycles. The average Bonchev–Trinajstić information content (AvgIpc) is 2.33. The second kappa shape index (κ2) is 7.30. The van der Waals surface area contributed by atoms with Crippen molar-refractivity contribution in [1.29, 1.82) is 0 Å². The minimum Gasteiger partial charge on any atom is -0.497 e. The predicted octanol–water partition coefficient (Wildman–Crippen LogP) is 2.50. The van der Waals surface area contributed by atoms with Crippen molar-refractivity contribution >= 4 is 0 Å². The van der Waals surface area contributed by atoms with Crippen LogP contribution in [0, 0.1) is 5.82 Å². The Morgan fingerprint density at radius 1 is 1.26 bits per heavy atom. The van der Waals surface area contributed by atoms with Gasteiger partial charge < -0.3 is 14.8 Å². The predicted molar refractivity (Wildman–Crippen MR) is 61.5 cm³/mol. The van der Waals surface area contributed by atoms with E-state index in [2.05, 4.69) is 10.1 Å². The van der Waals surface area contributed by atoms with E-state index in [1.165, 1.54) is 13.2 Å². The van der Waals surface area contributed by atoms with Crippen molar-refractivity contribution in [2.24, 2.45) is 0 Å². The van der Waals surface area contributed by atoms with Gasteiger partial charge in [0.2, 0.25) is 0 Å². The van der Waals surface area contributed by atoms with Crippen LogP contribution in [0.2, 0.25) is 0 Å². The first kappa shape index (κ1) is 15.7. The molecule has 0 radical (unpaired) electrons. The molecule has 0 atom stereocenters. The first-order valence-corrected chi connectivity index (χ1v) is 5.60. The fourth-order valence-corrected chi connectivity index (χ4v) is 1.35. The number of hydrogen-bond donors (Lipinski definition) is 1. The molecule has 1 N–H and O–H groups in total. The third-order valence-electron chi connectivity index (χ3n) is 2.26. The molecule has 0 heterocycles. The fourth-order valence-electron chi connectivity index (χ4n) is 1.35. The van der Waals surface area contributed by atoms with Crippen molar-refractivity contribution in [1.82, 2.24) is 5.32 Å². The highest BCUT2D eigenvalue weighted by Crippen LogP contribution is 2.16. The van der Waals surface area contributed by atoms with Crippen molar-refractivity contribution in [2.75, 3.05) is 26.9 Å². The quantitative estimate of drug-likeness (QED) is 0.615. The molecule has 7 heteroatoms. The molecule has 0 aliphatic rings. The van der Waals surface area contributed by atoms with E-state index in [-0.39, 0.29) is 19.7 Å². The maximum absolute atomic E-state index is 13.5. The average molecular weight is 281 g/mol. The zero-order valence-corrected chi connectivity index (χ0v) is 10.4. The number of hydrogen-bond acceptors (Lipinski definition) is 3. The second-order valence-electron chi connectivity index (χ2n) is 3.80. The van der Waals surface area contributed by atoms with Gasteiger partial charge in [0.15, 0.2) is 0 Å². The Kier molecular flexibility index (Phi) is 6.04. The lowest BCUT2D eigenvalue weighted by Crippen LogP contribution is -2.23. The molecule has 19 heavy (non-hydrogen) atoms. The van der Waals surface area contributed by atoms with E-state index in [1.807, 2.05) is 0 Å². The first-order valence-electron chi connectivity index (χ1n) is 5.60. The Morgan fingerprint density at radius 3 is 2.58 bits per heavy atom. The molecule has 3 nitrogen and oxygen atoms in total. The van der Waals surface area contributed by atoms with Gasteiger partial charge in [-0.2, -0.15) is 13.2 Å². The maximum Gasteiger partial charge on any atom is 0.411 e. The van der Waals surface area contributed by atoms with E-state index in [1.54, 1.807) is 12.1 Å². The Morgan fingerprint density at radius 2 is 2.00 bits per heavy atom. The van der Waals surface area contributed by atoms with E-state index in [4.69, 9.17) is 4.74 Å². The van der Waals surface area contributed by atoms with Crippen LogP contribution in [0.5, 0.6) is 5.75 Å². The van der Waals surface area contributed by atoms with Crippen LogP contribution in [0.4, 0.5) is 17.6 Å². The van der Waals surface area contributed by atoms with Gasteiger partial charge in [-0.3, -0.25) is 0 Å². The zero-order chi connectivity index (χ0) is 14.3. The van der Waals surface area contributed by atoms with Crippen LogP contribution in [0.3, 0.4) is 0 Å². The Bertz CT molecular complexity index is 396. The summed E-state index contributed by atoms with van der Waals surface area (Å²) < 4.78 is 58.0. The molecule has 0 aromatic heterocycles. The standard InChI is InChI=1S/C12H15F4NO2/c1-18-10-3-2-9(11(13)6-10)7-17-4-5-19-8-12(14,15)16/h2-3,6,17H,4-5,7-8H2,1H3. The van der Waals surface area contributed by atoms with Gasteiger partial charge in [0.25, 0.3) is 0 Å². The van der Waals surface area contributed by atoms with Crippen LogP contribution < -0.4 is 10.1 Å². The Labute approximate surface area is 108 Å². The van der Waals surface area contributed by atoms with Crippen LogP contribution in [0.15, 0.2) is 18.2 Å². The Balaban J connectivity index is 2.23. The zero-order valence-electron chi connectivity index (χ0n) is 10.4. The number of halogens is 4. The molecule has 0 aliphatic heterocycles. The molecule has 1 aromatic rings. The second-order valence-corrected chi connectivity index (χ2v) is 3.80. The van der Waals surface area contributed by atoms with Gasteiger partial charge in [-0.05, 0) is 6.07 Å². The lowest BCUT2D eigenvalue weighted by atomic mass is 10.2. The maximum atomic E-state index is 13.5. The number of benzene rings is 1. The Hall–Kier alpha value is -1.34. The van der Waals surface area contributed by atoms with Crippen LogP contribution >= 0.6 is 0 Å². The summed E-state index contributed by atoms with van der Waals surface area (Å²) in [7, 11) is 1.44. The van der Waals surface area contributed by atoms with Crippen LogP contribution in [-0.4, -0.2) is 33.0 Å². The van der Waals surface area contributed by atoms with E-state index in [0.717, 1.165) is 0 Å². The number of methoxy groups -OCH3 is 1. The highest BCUT2D eigenvalue weighted by Gasteiger charge is 2.27. The van der Waals surface area contributed by atoms with Crippen molar-refractivity contribution in [3.63, 3.8) is 0 Å². The van der Waals surface area contributed by atoms with E-state index in [0.29, 0.717) is 11.3 Å². The summed E-state index contributed by atoms with van der Waals surface area (Å²) in [5.74, 6) is -0.0159. The minimum atomic E-state index is -4.32. The highest BCUT2D eigenvalue weighted by molar-refractivity contribution is 5.28. The third kappa shape index (κ3) is 6.40. The van der Waals surface area contributed by atoms with E-state index < -0.39 is 18.6 Å². The molecular formula is C12H15F4NO2. The van der Waals surface area contributed by atoms with Crippen molar-refractivity contribution in [2.45, 2.75) is 12.7 Å². The van der Waals surface area contributed by atoms with Gasteiger partial charge in [0.05, 0.1) is 13.7 Å². The van der Waals surface area contributed by atoms with Gasteiger partial charge in [-0.15, -0.1) is 0 Å². The summed E-state index contributed by atoms with van der Waals surface area (Å²) >= 11 is 0. The summed E-state index contributed by atoms with van der Waals surface area (Å²) in [5.41, 5.74) is 0.414. The molecule has 1 aromatic carbocycles. The number of nitrogens with one attached hydrogen (secondary N) is 1. The van der Waals surface area contributed by atoms with Crippen LogP contribution in [0.1, 0.15) is 5.56 Å². The van der Waals surface area contributed by atoms with Gasteiger partial charge >= 0.3 is 6.18 Å². The molecule has 0 unspecified atom stereocenters. The van der Waals surface area contributed by atoms with Crippen LogP contribution in [-0.2, 0) is 11.3 Å². The lowest BCUT2D eigenvalue weighted by Gasteiger charge is -2.09. The molecule has 0 spiro atoms. The fraction of sp³-hybridized carbons (Fsp3) is 0.500. The molecule has 0 fully saturated rings. The van der Waals surface area contributed by atoms with Crippen LogP contribution in [0.25, 0.3) is 0 Å². The van der Waals surface area contributed by atoms with E-state index in [9.17, 15) is 17.6 Å². The molecule has 108 valence electrons. The molecule has 0 amide bonds. The summed E-state index contributed by atoms with van der Waals surface area (Å²) in [6, 6.07) is 4.41. The normalized spacial score (nSPS) is 11.6. The van der Waals surface area contributed by atoms with E-state index >= 15 is 0 Å². The molecule has 0 saturated heterocycles. The topological polar surface area (TPSA) is 30.5 Å². The highest BCUT2D eigenvalue weighted by atomic mass is 19.4. The summed E-state index contributed by atoms with van der Waals surface area (Å²) in [5, 5.41) is 2.79. The SMILES string of the molecule is COc1ccc(CNCCOCC(F)(F)F)c(F)c1. The molecular weight excluding hydrogens is 266 g/mol. The smallest absolute Gasteiger partial charge is 0.411 e. The van der Waals surface area contributed by atoms with Gasteiger partial charge in [0.1, 0.15) is 18.2 Å².